The number of ether oxygens (including phenoxy) is 3. The number of hydrogen-bond acceptors (Lipinski definition) is 19. The van der Waals surface area contributed by atoms with E-state index in [9.17, 15) is 80.6 Å². The Bertz CT molecular complexity index is 3510. The second-order valence-corrected chi connectivity index (χ2v) is 28.8. The molecule has 3 aliphatic heterocycles. The highest BCUT2D eigenvalue weighted by molar-refractivity contribution is 7.86. The molecule has 1 saturated heterocycles. The first-order chi connectivity index (χ1) is 40.9. The van der Waals surface area contributed by atoms with Crippen LogP contribution in [0.3, 0.4) is 0 Å². The highest BCUT2D eigenvalue weighted by Gasteiger charge is 2.46. The summed E-state index contributed by atoms with van der Waals surface area (Å²) in [6, 6.07) is 7.07. The summed E-state index contributed by atoms with van der Waals surface area (Å²) in [5.41, 5.74) is 0.532. The van der Waals surface area contributed by atoms with Gasteiger partial charge in [-0.1, -0.05) is 36.1 Å². The van der Waals surface area contributed by atoms with Crippen molar-refractivity contribution in [3.05, 3.63) is 83.6 Å². The molecule has 28 nitrogen and oxygen atoms in total. The maximum absolute atomic E-state index is 13.5. The fourth-order valence-electron chi connectivity index (χ4n) is 10.3. The molecule has 0 aliphatic carbocycles. The molecule has 32 heteroatoms. The van der Waals surface area contributed by atoms with Gasteiger partial charge >= 0.3 is 12.2 Å². The zero-order valence-electron chi connectivity index (χ0n) is 49.9. The van der Waals surface area contributed by atoms with Gasteiger partial charge in [0.2, 0.25) is 17.5 Å². The number of nitrogens with one attached hydrogen (secondary N) is 3. The molecule has 5 rings (SSSR count). The lowest BCUT2D eigenvalue weighted by Gasteiger charge is -2.30. The Morgan fingerprint density at radius 2 is 1.36 bits per heavy atom. The normalized spacial score (nSPS) is 17.9. The molecule has 3 aliphatic rings. The first kappa shape index (κ1) is 72.1. The van der Waals surface area contributed by atoms with Gasteiger partial charge in [0.15, 0.2) is 5.71 Å². The lowest BCUT2D eigenvalue weighted by Crippen LogP contribution is -2.47. The maximum Gasteiger partial charge on any atom is 0.534 e. The van der Waals surface area contributed by atoms with Gasteiger partial charge in [0.1, 0.15) is 24.8 Å². The van der Waals surface area contributed by atoms with Crippen LogP contribution in [0, 0.1) is 0 Å². The van der Waals surface area contributed by atoms with Crippen LogP contribution in [0.1, 0.15) is 130 Å². The second kappa shape index (κ2) is 30.7. The van der Waals surface area contributed by atoms with Gasteiger partial charge < -0.3 is 35.1 Å². The lowest BCUT2D eigenvalue weighted by atomic mass is 9.77. The summed E-state index contributed by atoms with van der Waals surface area (Å²) in [6.45, 7) is 10.5. The first-order valence-corrected chi connectivity index (χ1v) is 34.5. The number of fused-ring (bicyclic) bond motifs is 2. The van der Waals surface area contributed by atoms with Crippen LogP contribution in [-0.2, 0) is 89.5 Å². The monoisotopic (exact) mass is 1320 g/mol. The van der Waals surface area contributed by atoms with E-state index in [2.05, 4.69) is 20.8 Å². The molecule has 0 aromatic heterocycles. The molecule has 2 unspecified atom stereocenters. The van der Waals surface area contributed by atoms with Gasteiger partial charge in [-0.15, -0.1) is 0 Å². The van der Waals surface area contributed by atoms with Crippen molar-refractivity contribution in [3.8, 4) is 0 Å². The number of hydroxylamine groups is 2. The Morgan fingerprint density at radius 3 is 2.00 bits per heavy atom. The van der Waals surface area contributed by atoms with Crippen molar-refractivity contribution >= 4 is 93.4 Å². The number of carbonyl (C=O) groups excluding carboxylic acids is 6. The van der Waals surface area contributed by atoms with Gasteiger partial charge in [-0.25, -0.2) is 9.59 Å². The third-order valence-electron chi connectivity index (χ3n) is 14.5. The molecule has 5 amide bonds. The van der Waals surface area contributed by atoms with E-state index in [4.69, 9.17) is 14.2 Å². The summed E-state index contributed by atoms with van der Waals surface area (Å²) in [4.78, 5) is 80.1. The van der Waals surface area contributed by atoms with Crippen molar-refractivity contribution < 1.29 is 104 Å². The number of allylic oxidation sites excluding steroid dienone is 6. The van der Waals surface area contributed by atoms with Crippen LogP contribution in [0.4, 0.5) is 21.0 Å². The summed E-state index contributed by atoms with van der Waals surface area (Å²) in [7, 11) is -18.1. The number of nitrogens with zero attached hydrogens (tertiary/aromatic N) is 3. The van der Waals surface area contributed by atoms with Crippen LogP contribution in [0.5, 0.6) is 0 Å². The summed E-state index contributed by atoms with van der Waals surface area (Å²) < 4.78 is 153. The molecule has 0 bridgehead atoms. The molecule has 2 aromatic rings. The first-order valence-electron chi connectivity index (χ1n) is 28.4. The van der Waals surface area contributed by atoms with Crippen LogP contribution in [0.15, 0.2) is 82.3 Å². The predicted molar refractivity (Wildman–Crippen MR) is 319 cm³/mol. The van der Waals surface area contributed by atoms with Crippen molar-refractivity contribution in [3.63, 3.8) is 0 Å². The van der Waals surface area contributed by atoms with Crippen molar-refractivity contribution in [2.24, 2.45) is 0 Å². The van der Waals surface area contributed by atoms with Crippen molar-refractivity contribution in [2.45, 2.75) is 151 Å². The van der Waals surface area contributed by atoms with Crippen molar-refractivity contribution in [1.82, 2.24) is 21.0 Å². The molecule has 88 heavy (non-hydrogen) atoms. The molecular formula is C56H79N6O22S4+. The van der Waals surface area contributed by atoms with E-state index in [0.29, 0.717) is 77.5 Å². The Morgan fingerprint density at radius 1 is 0.727 bits per heavy atom. The van der Waals surface area contributed by atoms with Gasteiger partial charge in [0.25, 0.3) is 52.3 Å². The largest absolute Gasteiger partial charge is 0.534 e. The number of benzene rings is 2. The molecule has 2 atom stereocenters. The predicted octanol–water partition coefficient (Wildman–Crippen LogP) is 5.37. The molecule has 0 saturated carbocycles. The van der Waals surface area contributed by atoms with Gasteiger partial charge in [-0.2, -0.15) is 38.2 Å². The van der Waals surface area contributed by atoms with E-state index in [1.807, 2.05) is 20.8 Å². The fourth-order valence-corrected chi connectivity index (χ4v) is 12.3. The average molecular weight is 1320 g/mol. The van der Waals surface area contributed by atoms with Crippen LogP contribution >= 0.6 is 0 Å². The summed E-state index contributed by atoms with van der Waals surface area (Å²) in [5.74, 6) is -3.49. The topological polar surface area (TPSA) is 402 Å². The molecular weight excluding hydrogens is 1240 g/mol. The number of unbranched alkanes of at least 4 members (excludes halogenated alkanes) is 3. The molecule has 488 valence electrons. The number of carbonyl (C=O) groups is 6. The van der Waals surface area contributed by atoms with Crippen molar-refractivity contribution in [2.75, 3.05) is 62.4 Å². The highest BCUT2D eigenvalue weighted by atomic mass is 32.2. The Labute approximate surface area is 513 Å². The summed E-state index contributed by atoms with van der Waals surface area (Å²) in [6.07, 6.45) is 8.83. The van der Waals surface area contributed by atoms with Gasteiger partial charge in [0.05, 0.1) is 39.9 Å². The second-order valence-electron chi connectivity index (χ2n) is 22.8. The quantitative estimate of drug-likeness (QED) is 0.0118. The molecule has 7 N–H and O–H groups in total. The Hall–Kier alpha value is -6.65. The van der Waals surface area contributed by atoms with Gasteiger partial charge in [-0.05, 0) is 122 Å². The number of rotatable bonds is 33. The number of alkyl carbamates (subject to hydrolysis) is 1. The zero-order valence-corrected chi connectivity index (χ0v) is 53.2. The van der Waals surface area contributed by atoms with Crippen LogP contribution in [-0.4, -0.2) is 172 Å². The number of amides is 5. The van der Waals surface area contributed by atoms with Crippen LogP contribution in [0.2, 0.25) is 0 Å². The van der Waals surface area contributed by atoms with E-state index in [1.54, 1.807) is 60.6 Å². The van der Waals surface area contributed by atoms with E-state index < -0.39 is 115 Å². The van der Waals surface area contributed by atoms with E-state index in [-0.39, 0.29) is 89.4 Å². The number of imide groups is 1. The van der Waals surface area contributed by atoms with E-state index in [1.165, 1.54) is 36.4 Å². The minimum absolute atomic E-state index is 0.00801. The maximum atomic E-state index is 13.5. The van der Waals surface area contributed by atoms with E-state index >= 15 is 0 Å². The van der Waals surface area contributed by atoms with Crippen LogP contribution in [0.25, 0.3) is 0 Å². The van der Waals surface area contributed by atoms with Gasteiger partial charge in [0, 0.05) is 79.8 Å². The SMILES string of the molecule is CC(C)(C)OC(=O)NCCCCC(NC(=O)CCCCCC1(C)\C(=C/C=C/C=C/C2=[N+](CCCS(=O)(=O)O)c3ccc(S(=O)(=O)O)cc3C2(C)C)N(CCCS(=O)(=O)O)c2ccc(S(=O)(=O)O)cc21)C(=O)NCCOCCOC(=O)ON1C(=O)CCC1=O. The van der Waals surface area contributed by atoms with Crippen molar-refractivity contribution in [1.29, 1.82) is 0 Å². The third kappa shape index (κ3) is 21.5. The smallest absolute Gasteiger partial charge is 0.444 e. The summed E-state index contributed by atoms with van der Waals surface area (Å²) >= 11 is 0. The molecule has 3 heterocycles. The molecule has 0 spiro atoms. The Balaban J connectivity index is 1.31. The molecule has 1 fully saturated rings. The third-order valence-corrected chi connectivity index (χ3v) is 17.8. The average Bonchev–Trinajstić information content (AvgIpc) is 1.93. The standard InChI is InChI=1S/C56H78N6O22S4/c1-54(2,3)83-52(67)58-28-14-12-17-43(51(66)57-29-32-81-33-34-82-53(68)84-62-49(64)25-26-50(62)65)59-48(63)20-11-8-13-27-56(6)42-38-40(88(78,79)80)22-24-45(42)61(31-16-36-86(72,73)74)47(56)19-10-7-9-18-46-55(4,5)41-37-39(87(75,76)77)21-23-44(41)60(46)30-15-35-85(69,70)71/h7,9-10,18-19,21-24,37-38,43H,8,11-17,20,25-36H2,1-6H3,(H6-,57,58,59,63,66,67,69,70,71,72,73,74,75,76,77,78,79,80)/p+1. The minimum atomic E-state index is -4.73. The lowest BCUT2D eigenvalue weighted by molar-refractivity contribution is -0.437. The summed E-state index contributed by atoms with van der Waals surface area (Å²) in [5, 5.41) is 8.49. The zero-order chi connectivity index (χ0) is 65.5. The number of anilines is 1. The Kier molecular flexibility index (Phi) is 25.2. The number of hydrogen-bond donors (Lipinski definition) is 7. The van der Waals surface area contributed by atoms with Gasteiger partial charge in [-0.3, -0.25) is 42.2 Å². The molecule has 0 radical (unpaired) electrons. The van der Waals surface area contributed by atoms with Crippen LogP contribution < -0.4 is 20.9 Å². The molecule has 2 aromatic carbocycles. The fraction of sp³-hybridized carbons (Fsp3) is 0.554. The van der Waals surface area contributed by atoms with E-state index in [0.717, 1.165) is 0 Å². The minimum Gasteiger partial charge on any atom is -0.444 e. The highest BCUT2D eigenvalue weighted by Crippen LogP contribution is 2.51.